The number of hydrogen-bond donors (Lipinski definition) is 0. The summed E-state index contributed by atoms with van der Waals surface area (Å²) in [6.07, 6.45) is 4.44. The molecule has 2 unspecified atom stereocenters. The molecule has 2 fully saturated rings. The maximum Gasteiger partial charge on any atom is 0.222 e. The van der Waals surface area contributed by atoms with Gasteiger partial charge in [0, 0.05) is 19.5 Å². The Morgan fingerprint density at radius 3 is 3.20 bits per heavy atom. The Hall–Kier alpha value is -0.530. The summed E-state index contributed by atoms with van der Waals surface area (Å²) in [4.78, 5) is 13.1. The Morgan fingerprint density at radius 1 is 1.60 bits per heavy atom. The molecule has 1 saturated carbocycles. The van der Waals surface area contributed by atoms with E-state index in [0.717, 1.165) is 18.8 Å². The van der Waals surface area contributed by atoms with Gasteiger partial charge in [0.15, 0.2) is 0 Å². The maximum atomic E-state index is 11.2. The smallest absolute Gasteiger partial charge is 0.222 e. The fourth-order valence-electron chi connectivity index (χ4n) is 1.89. The third-order valence-electron chi connectivity index (χ3n) is 2.74. The zero-order valence-electron chi connectivity index (χ0n) is 6.34. The first kappa shape index (κ1) is 6.20. The minimum Gasteiger partial charge on any atom is -0.342 e. The first-order valence-corrected chi connectivity index (χ1v) is 4.04. The van der Waals surface area contributed by atoms with Crippen molar-refractivity contribution in [2.75, 3.05) is 7.05 Å². The second-order valence-corrected chi connectivity index (χ2v) is 3.46. The van der Waals surface area contributed by atoms with E-state index in [9.17, 15) is 4.79 Å². The van der Waals surface area contributed by atoms with Crippen LogP contribution in [0.5, 0.6) is 0 Å². The molecule has 2 rings (SSSR count). The third kappa shape index (κ3) is 0.825. The van der Waals surface area contributed by atoms with Gasteiger partial charge in [-0.25, -0.2) is 0 Å². The van der Waals surface area contributed by atoms with E-state index in [4.69, 9.17) is 0 Å². The standard InChI is InChI=1S/C8H13NO/c1-9-7-5-6(7)3-2-4-8(9)10/h6-7H,2-5H2,1H3. The molecule has 0 N–H and O–H groups in total. The number of likely N-dealkylation sites (tertiary alicyclic amines) is 1. The number of carbonyl (C=O) groups is 1. The Labute approximate surface area is 61.2 Å². The lowest BCUT2D eigenvalue weighted by atomic mass is 10.2. The summed E-state index contributed by atoms with van der Waals surface area (Å²) in [7, 11) is 1.94. The zero-order chi connectivity index (χ0) is 7.14. The van der Waals surface area contributed by atoms with Crippen LogP contribution in [0.3, 0.4) is 0 Å². The van der Waals surface area contributed by atoms with Crippen molar-refractivity contribution in [2.45, 2.75) is 31.7 Å². The monoisotopic (exact) mass is 139 g/mol. The van der Waals surface area contributed by atoms with Crippen LogP contribution >= 0.6 is 0 Å². The number of carbonyl (C=O) groups excluding carboxylic acids is 1. The van der Waals surface area contributed by atoms with Crippen LogP contribution in [0.4, 0.5) is 0 Å². The van der Waals surface area contributed by atoms with Crippen LogP contribution in [0.2, 0.25) is 0 Å². The summed E-state index contributed by atoms with van der Waals surface area (Å²) < 4.78 is 0. The highest BCUT2D eigenvalue weighted by atomic mass is 16.2. The molecular formula is C8H13NO. The predicted molar refractivity (Wildman–Crippen MR) is 38.5 cm³/mol. The largest absolute Gasteiger partial charge is 0.342 e. The van der Waals surface area contributed by atoms with Gasteiger partial charge in [-0.05, 0) is 25.2 Å². The van der Waals surface area contributed by atoms with E-state index >= 15 is 0 Å². The van der Waals surface area contributed by atoms with E-state index < -0.39 is 0 Å². The van der Waals surface area contributed by atoms with Gasteiger partial charge in [-0.1, -0.05) is 0 Å². The molecular weight excluding hydrogens is 126 g/mol. The van der Waals surface area contributed by atoms with Crippen LogP contribution < -0.4 is 0 Å². The molecule has 0 aromatic rings. The molecule has 0 aromatic heterocycles. The average molecular weight is 139 g/mol. The number of rotatable bonds is 0. The van der Waals surface area contributed by atoms with Gasteiger partial charge >= 0.3 is 0 Å². The summed E-state index contributed by atoms with van der Waals surface area (Å²) in [5.74, 6) is 1.21. The lowest BCUT2D eigenvalue weighted by molar-refractivity contribution is -0.130. The molecule has 56 valence electrons. The molecule has 1 aliphatic heterocycles. The van der Waals surface area contributed by atoms with Crippen molar-refractivity contribution in [3.8, 4) is 0 Å². The Morgan fingerprint density at radius 2 is 2.40 bits per heavy atom. The molecule has 1 saturated heterocycles. The Kier molecular flexibility index (Phi) is 1.22. The van der Waals surface area contributed by atoms with Gasteiger partial charge in [0.05, 0.1) is 0 Å². The predicted octanol–water partition coefficient (Wildman–Crippen LogP) is 1.02. The van der Waals surface area contributed by atoms with Crippen molar-refractivity contribution in [1.29, 1.82) is 0 Å². The quantitative estimate of drug-likeness (QED) is 0.490. The molecule has 2 nitrogen and oxygen atoms in total. The fraction of sp³-hybridized carbons (Fsp3) is 0.875. The van der Waals surface area contributed by atoms with Crippen LogP contribution in [0, 0.1) is 5.92 Å². The van der Waals surface area contributed by atoms with Crippen LogP contribution in [0.25, 0.3) is 0 Å². The normalized spacial score (nSPS) is 38.9. The van der Waals surface area contributed by atoms with Gasteiger partial charge in [0.1, 0.15) is 0 Å². The molecule has 2 atom stereocenters. The average Bonchev–Trinajstić information content (AvgIpc) is 2.64. The highest BCUT2D eigenvalue weighted by Crippen LogP contribution is 2.41. The highest BCUT2D eigenvalue weighted by Gasteiger charge is 2.43. The van der Waals surface area contributed by atoms with Crippen LogP contribution in [0.1, 0.15) is 25.7 Å². The molecule has 0 bridgehead atoms. The second kappa shape index (κ2) is 1.97. The first-order chi connectivity index (χ1) is 4.79. The molecule has 1 heterocycles. The summed E-state index contributed by atoms with van der Waals surface area (Å²) in [5.41, 5.74) is 0. The zero-order valence-corrected chi connectivity index (χ0v) is 6.34. The Bertz CT molecular complexity index is 167. The van der Waals surface area contributed by atoms with Gasteiger partial charge in [0.25, 0.3) is 0 Å². The van der Waals surface area contributed by atoms with Gasteiger partial charge < -0.3 is 4.90 Å². The number of hydrogen-bond acceptors (Lipinski definition) is 1. The van der Waals surface area contributed by atoms with Crippen molar-refractivity contribution in [2.24, 2.45) is 5.92 Å². The van der Waals surface area contributed by atoms with E-state index in [0.29, 0.717) is 11.9 Å². The minimum atomic E-state index is 0.352. The molecule has 0 aromatic carbocycles. The molecule has 1 aliphatic carbocycles. The van der Waals surface area contributed by atoms with Crippen LogP contribution in [-0.4, -0.2) is 23.9 Å². The molecule has 2 heteroatoms. The van der Waals surface area contributed by atoms with Crippen molar-refractivity contribution in [3.05, 3.63) is 0 Å². The topological polar surface area (TPSA) is 20.3 Å². The highest BCUT2D eigenvalue weighted by molar-refractivity contribution is 5.77. The van der Waals surface area contributed by atoms with Crippen LogP contribution in [-0.2, 0) is 4.79 Å². The van der Waals surface area contributed by atoms with E-state index in [1.54, 1.807) is 0 Å². The van der Waals surface area contributed by atoms with Gasteiger partial charge in [-0.15, -0.1) is 0 Å². The molecule has 0 radical (unpaired) electrons. The first-order valence-electron chi connectivity index (χ1n) is 4.04. The summed E-state index contributed by atoms with van der Waals surface area (Å²) in [6.45, 7) is 0. The second-order valence-electron chi connectivity index (χ2n) is 3.46. The van der Waals surface area contributed by atoms with E-state index in [1.165, 1.54) is 12.8 Å². The van der Waals surface area contributed by atoms with Crippen molar-refractivity contribution in [3.63, 3.8) is 0 Å². The van der Waals surface area contributed by atoms with Gasteiger partial charge in [-0.2, -0.15) is 0 Å². The molecule has 2 aliphatic rings. The third-order valence-corrected chi connectivity index (χ3v) is 2.74. The van der Waals surface area contributed by atoms with E-state index in [2.05, 4.69) is 0 Å². The molecule has 10 heavy (non-hydrogen) atoms. The minimum absolute atomic E-state index is 0.352. The van der Waals surface area contributed by atoms with E-state index in [1.807, 2.05) is 11.9 Å². The fourth-order valence-corrected chi connectivity index (χ4v) is 1.89. The van der Waals surface area contributed by atoms with Gasteiger partial charge in [-0.3, -0.25) is 4.79 Å². The summed E-state index contributed by atoms with van der Waals surface area (Å²) in [5, 5.41) is 0. The summed E-state index contributed by atoms with van der Waals surface area (Å²) >= 11 is 0. The van der Waals surface area contributed by atoms with Crippen LogP contribution in [0.15, 0.2) is 0 Å². The van der Waals surface area contributed by atoms with Crippen molar-refractivity contribution < 1.29 is 4.79 Å². The lowest BCUT2D eigenvalue weighted by Gasteiger charge is -2.13. The lowest BCUT2D eigenvalue weighted by Crippen LogP contribution is -2.27. The van der Waals surface area contributed by atoms with E-state index in [-0.39, 0.29) is 0 Å². The van der Waals surface area contributed by atoms with Gasteiger partial charge in [0.2, 0.25) is 5.91 Å². The van der Waals surface area contributed by atoms with Crippen molar-refractivity contribution in [1.82, 2.24) is 4.90 Å². The summed E-state index contributed by atoms with van der Waals surface area (Å²) in [6, 6.07) is 0.620. The van der Waals surface area contributed by atoms with Crippen molar-refractivity contribution >= 4 is 5.91 Å². The number of fused-ring (bicyclic) bond motifs is 1. The molecule has 0 spiro atoms. The Balaban J connectivity index is 2.08. The number of nitrogens with zero attached hydrogens (tertiary/aromatic N) is 1. The maximum absolute atomic E-state index is 11.2. The number of amides is 1. The molecule has 1 amide bonds. The SMILES string of the molecule is CN1C(=O)CCCC2CC21.